The fourth-order valence-electron chi connectivity index (χ4n) is 1.54. The first-order valence-electron chi connectivity index (χ1n) is 5.41. The first-order valence-corrected chi connectivity index (χ1v) is 5.79. The van der Waals surface area contributed by atoms with Crippen LogP contribution in [0.1, 0.15) is 25.3 Å². The molecule has 3 nitrogen and oxygen atoms in total. The van der Waals surface area contributed by atoms with Crippen molar-refractivity contribution in [2.45, 2.75) is 19.8 Å². The Kier molecular flexibility index (Phi) is 3.59. The Morgan fingerprint density at radius 1 is 1.18 bits per heavy atom. The minimum absolute atomic E-state index is 0.324. The van der Waals surface area contributed by atoms with E-state index in [2.05, 4.69) is 23.8 Å². The summed E-state index contributed by atoms with van der Waals surface area (Å²) in [6.45, 7) is 4.23. The molecule has 0 amide bonds. The topological polar surface area (TPSA) is 35.0 Å². The van der Waals surface area contributed by atoms with Crippen molar-refractivity contribution in [2.24, 2.45) is 0 Å². The van der Waals surface area contributed by atoms with Crippen LogP contribution in [-0.2, 0) is 0 Å². The second-order valence-electron chi connectivity index (χ2n) is 3.97. The van der Waals surface area contributed by atoms with Crippen LogP contribution in [0.15, 0.2) is 36.7 Å². The highest BCUT2D eigenvalue weighted by atomic mass is 35.5. The Morgan fingerprint density at radius 2 is 1.94 bits per heavy atom. The summed E-state index contributed by atoms with van der Waals surface area (Å²) in [6, 6.07) is 7.88. The third kappa shape index (κ3) is 2.94. The SMILES string of the molecule is CC(C)c1ccccc1Oc1cncc(Cl)n1. The van der Waals surface area contributed by atoms with Crippen molar-refractivity contribution in [3.63, 3.8) is 0 Å². The van der Waals surface area contributed by atoms with Crippen molar-refractivity contribution in [1.29, 1.82) is 0 Å². The lowest BCUT2D eigenvalue weighted by Crippen LogP contribution is -1.95. The van der Waals surface area contributed by atoms with E-state index in [1.807, 2.05) is 24.3 Å². The van der Waals surface area contributed by atoms with Gasteiger partial charge in [0.1, 0.15) is 5.75 Å². The molecule has 0 saturated heterocycles. The van der Waals surface area contributed by atoms with Crippen LogP contribution in [0.4, 0.5) is 0 Å². The highest BCUT2D eigenvalue weighted by molar-refractivity contribution is 6.29. The van der Waals surface area contributed by atoms with Crippen molar-refractivity contribution in [2.75, 3.05) is 0 Å². The average Bonchev–Trinajstić information content (AvgIpc) is 2.29. The molecule has 2 aromatic rings. The van der Waals surface area contributed by atoms with Gasteiger partial charge in [0.2, 0.25) is 5.88 Å². The van der Waals surface area contributed by atoms with E-state index in [0.717, 1.165) is 11.3 Å². The highest BCUT2D eigenvalue weighted by Gasteiger charge is 2.08. The number of benzene rings is 1. The Bertz CT molecular complexity index is 514. The van der Waals surface area contributed by atoms with Crippen molar-refractivity contribution >= 4 is 11.6 Å². The summed E-state index contributed by atoms with van der Waals surface area (Å²) in [4.78, 5) is 7.99. The van der Waals surface area contributed by atoms with Gasteiger partial charge in [0, 0.05) is 0 Å². The summed E-state index contributed by atoms with van der Waals surface area (Å²) < 4.78 is 5.69. The Morgan fingerprint density at radius 3 is 2.65 bits per heavy atom. The smallest absolute Gasteiger partial charge is 0.239 e. The number of aromatic nitrogens is 2. The van der Waals surface area contributed by atoms with Crippen LogP contribution in [0.25, 0.3) is 0 Å². The molecule has 0 saturated carbocycles. The van der Waals surface area contributed by atoms with Gasteiger partial charge in [0.25, 0.3) is 0 Å². The summed E-state index contributed by atoms with van der Waals surface area (Å²) in [7, 11) is 0. The third-order valence-electron chi connectivity index (χ3n) is 2.34. The number of hydrogen-bond donors (Lipinski definition) is 0. The first-order chi connectivity index (χ1) is 8.16. The maximum Gasteiger partial charge on any atom is 0.239 e. The standard InChI is InChI=1S/C13H13ClN2O/c1-9(2)10-5-3-4-6-11(10)17-13-8-15-7-12(14)16-13/h3-9H,1-2H3. The number of rotatable bonds is 3. The van der Waals surface area contributed by atoms with Gasteiger partial charge >= 0.3 is 0 Å². The lowest BCUT2D eigenvalue weighted by atomic mass is 10.0. The quantitative estimate of drug-likeness (QED) is 0.822. The van der Waals surface area contributed by atoms with Crippen molar-refractivity contribution in [1.82, 2.24) is 9.97 Å². The molecule has 17 heavy (non-hydrogen) atoms. The molecule has 88 valence electrons. The van der Waals surface area contributed by atoms with E-state index in [-0.39, 0.29) is 0 Å². The summed E-state index contributed by atoms with van der Waals surface area (Å²) in [5, 5.41) is 0.324. The lowest BCUT2D eigenvalue weighted by Gasteiger charge is -2.12. The average molecular weight is 249 g/mol. The van der Waals surface area contributed by atoms with E-state index >= 15 is 0 Å². The second-order valence-corrected chi connectivity index (χ2v) is 4.36. The number of nitrogens with zero attached hydrogens (tertiary/aromatic N) is 2. The van der Waals surface area contributed by atoms with Gasteiger partial charge in [-0.05, 0) is 17.5 Å². The van der Waals surface area contributed by atoms with Crippen molar-refractivity contribution < 1.29 is 4.74 Å². The fourth-order valence-corrected chi connectivity index (χ4v) is 1.68. The molecule has 1 heterocycles. The summed E-state index contributed by atoms with van der Waals surface area (Å²) >= 11 is 5.76. The van der Waals surface area contributed by atoms with Gasteiger partial charge in [-0.3, -0.25) is 4.98 Å². The van der Waals surface area contributed by atoms with Gasteiger partial charge in [-0.15, -0.1) is 0 Å². The van der Waals surface area contributed by atoms with Crippen LogP contribution < -0.4 is 4.74 Å². The summed E-state index contributed by atoms with van der Waals surface area (Å²) in [5.74, 6) is 1.59. The lowest BCUT2D eigenvalue weighted by molar-refractivity contribution is 0.452. The highest BCUT2D eigenvalue weighted by Crippen LogP contribution is 2.29. The van der Waals surface area contributed by atoms with Crippen LogP contribution in [0.5, 0.6) is 11.6 Å². The van der Waals surface area contributed by atoms with Crippen molar-refractivity contribution in [3.8, 4) is 11.6 Å². The number of ether oxygens (including phenoxy) is 1. The van der Waals surface area contributed by atoms with Gasteiger partial charge in [0.05, 0.1) is 12.4 Å². The molecule has 0 unspecified atom stereocenters. The molecule has 1 aromatic carbocycles. The van der Waals surface area contributed by atoms with Gasteiger partial charge in [-0.25, -0.2) is 0 Å². The molecule has 0 atom stereocenters. The van der Waals surface area contributed by atoms with Crippen LogP contribution in [-0.4, -0.2) is 9.97 Å². The normalized spacial score (nSPS) is 10.6. The predicted molar refractivity (Wildman–Crippen MR) is 67.6 cm³/mol. The number of halogens is 1. The molecular weight excluding hydrogens is 236 g/mol. The van der Waals surface area contributed by atoms with Crippen LogP contribution in [0.3, 0.4) is 0 Å². The molecule has 0 radical (unpaired) electrons. The van der Waals surface area contributed by atoms with E-state index < -0.39 is 0 Å². The van der Waals surface area contributed by atoms with E-state index in [1.54, 1.807) is 6.20 Å². The van der Waals surface area contributed by atoms with Crippen LogP contribution in [0.2, 0.25) is 5.15 Å². The van der Waals surface area contributed by atoms with E-state index in [9.17, 15) is 0 Å². The molecule has 0 aliphatic carbocycles. The third-order valence-corrected chi connectivity index (χ3v) is 2.52. The summed E-state index contributed by atoms with van der Waals surface area (Å²) in [6.07, 6.45) is 3.02. The van der Waals surface area contributed by atoms with Gasteiger partial charge in [-0.2, -0.15) is 4.98 Å². The van der Waals surface area contributed by atoms with Gasteiger partial charge < -0.3 is 4.74 Å². The zero-order valence-corrected chi connectivity index (χ0v) is 10.5. The maximum absolute atomic E-state index is 5.76. The molecule has 0 fully saturated rings. The molecule has 4 heteroatoms. The predicted octanol–water partition coefficient (Wildman–Crippen LogP) is 4.05. The zero-order valence-electron chi connectivity index (χ0n) is 9.72. The van der Waals surface area contributed by atoms with E-state index in [0.29, 0.717) is 17.0 Å². The van der Waals surface area contributed by atoms with Crippen LogP contribution in [0, 0.1) is 0 Å². The minimum atomic E-state index is 0.324. The molecule has 2 rings (SSSR count). The molecule has 0 aliphatic heterocycles. The number of para-hydroxylation sites is 1. The molecule has 0 bridgehead atoms. The molecule has 1 aromatic heterocycles. The minimum Gasteiger partial charge on any atom is -0.437 e. The van der Waals surface area contributed by atoms with E-state index in [1.165, 1.54) is 6.20 Å². The molecule has 0 N–H and O–H groups in total. The first kappa shape index (κ1) is 11.9. The Balaban J connectivity index is 2.30. The maximum atomic E-state index is 5.76. The largest absolute Gasteiger partial charge is 0.437 e. The molecule has 0 aliphatic rings. The van der Waals surface area contributed by atoms with Crippen LogP contribution >= 0.6 is 11.6 Å². The Labute approximate surface area is 105 Å². The number of hydrogen-bond acceptors (Lipinski definition) is 3. The van der Waals surface area contributed by atoms with E-state index in [4.69, 9.17) is 16.3 Å². The Hall–Kier alpha value is -1.61. The van der Waals surface area contributed by atoms with Crippen molar-refractivity contribution in [3.05, 3.63) is 47.4 Å². The fraction of sp³-hybridized carbons (Fsp3) is 0.231. The second kappa shape index (κ2) is 5.15. The van der Waals surface area contributed by atoms with Gasteiger partial charge in [0.15, 0.2) is 5.15 Å². The summed E-state index contributed by atoms with van der Waals surface area (Å²) in [5.41, 5.74) is 1.13. The monoisotopic (exact) mass is 248 g/mol. The molecular formula is C13H13ClN2O. The zero-order chi connectivity index (χ0) is 12.3. The molecule has 0 spiro atoms. The van der Waals surface area contributed by atoms with Gasteiger partial charge in [-0.1, -0.05) is 43.6 Å².